The van der Waals surface area contributed by atoms with Crippen LogP contribution in [-0.4, -0.2) is 11.9 Å². The molecule has 0 fully saturated rings. The maximum atomic E-state index is 14.5. The number of halogens is 1. The molecule has 162 valence electrons. The van der Waals surface area contributed by atoms with Crippen LogP contribution in [-0.2, 0) is 14.3 Å². The van der Waals surface area contributed by atoms with E-state index in [-0.39, 0.29) is 16.9 Å². The minimum Gasteiger partial charge on any atom is -0.462 e. The number of esters is 2. The highest BCUT2D eigenvalue weighted by Gasteiger charge is 2.13. The molecule has 2 aromatic carbocycles. The molecule has 0 amide bonds. The van der Waals surface area contributed by atoms with Crippen molar-refractivity contribution in [2.45, 2.75) is 6.92 Å². The van der Waals surface area contributed by atoms with E-state index in [1.165, 1.54) is 18.4 Å². The van der Waals surface area contributed by atoms with E-state index in [2.05, 4.69) is 13.2 Å². The summed E-state index contributed by atoms with van der Waals surface area (Å²) in [4.78, 5) is 22.5. The summed E-state index contributed by atoms with van der Waals surface area (Å²) in [6.07, 6.45) is 3.36. The summed E-state index contributed by atoms with van der Waals surface area (Å²) in [6.45, 7) is 8.31. The Labute approximate surface area is 183 Å². The fraction of sp³-hybridized carbons (Fsp3) is 0.0400. The topological polar surface area (TPSA) is 75.0 Å². The third-order valence-electron chi connectivity index (χ3n) is 4.12. The molecule has 0 atom stereocenters. The van der Waals surface area contributed by atoms with Crippen molar-refractivity contribution in [1.82, 2.24) is 0 Å². The van der Waals surface area contributed by atoms with Gasteiger partial charge in [0, 0.05) is 23.3 Å². The average Bonchev–Trinajstić information content (AvgIpc) is 3.26. The Kier molecular flexibility index (Phi) is 7.02. The van der Waals surface area contributed by atoms with Crippen molar-refractivity contribution in [2.75, 3.05) is 0 Å². The molecule has 0 N–H and O–H groups in total. The van der Waals surface area contributed by atoms with Gasteiger partial charge in [0.1, 0.15) is 41.4 Å². The lowest BCUT2D eigenvalue weighted by Gasteiger charge is -2.05. The highest BCUT2D eigenvalue weighted by Crippen LogP contribution is 2.32. The molecule has 0 spiro atoms. The second-order valence-electron chi connectivity index (χ2n) is 6.53. The highest BCUT2D eigenvalue weighted by atomic mass is 19.1. The zero-order chi connectivity index (χ0) is 23.1. The van der Waals surface area contributed by atoms with Crippen LogP contribution in [0, 0.1) is 5.82 Å². The molecule has 0 saturated heterocycles. The third-order valence-corrected chi connectivity index (χ3v) is 4.12. The lowest BCUT2D eigenvalue weighted by atomic mass is 10.1. The van der Waals surface area contributed by atoms with Crippen molar-refractivity contribution in [2.24, 2.45) is 0 Å². The largest absolute Gasteiger partial charge is 0.462 e. The van der Waals surface area contributed by atoms with Gasteiger partial charge in [-0.25, -0.2) is 14.0 Å². The van der Waals surface area contributed by atoms with Gasteiger partial charge in [-0.15, -0.1) is 0 Å². The lowest BCUT2D eigenvalue weighted by Crippen LogP contribution is -2.03. The molecule has 1 heterocycles. The number of furan rings is 1. The highest BCUT2D eigenvalue weighted by molar-refractivity contribution is 5.87. The lowest BCUT2D eigenvalue weighted by molar-refractivity contribution is -0.133. The summed E-state index contributed by atoms with van der Waals surface area (Å²) in [6, 6.07) is 14.3. The van der Waals surface area contributed by atoms with E-state index in [9.17, 15) is 14.0 Å². The van der Waals surface area contributed by atoms with E-state index in [1.54, 1.807) is 43.3 Å². The molecule has 0 saturated carbocycles. The van der Waals surface area contributed by atoms with Crippen LogP contribution in [0.5, 0.6) is 11.5 Å². The summed E-state index contributed by atoms with van der Waals surface area (Å²) in [5.41, 5.74) is 1.26. The van der Waals surface area contributed by atoms with Crippen molar-refractivity contribution >= 4 is 11.9 Å². The summed E-state index contributed by atoms with van der Waals surface area (Å²) >= 11 is 0. The van der Waals surface area contributed by atoms with Crippen LogP contribution < -0.4 is 9.47 Å². The summed E-state index contributed by atoms with van der Waals surface area (Å²) in [7, 11) is 0. The number of hydrogen-bond acceptors (Lipinski definition) is 6. The standard InChI is InChI=1S/C25H19FO6/c1-4-24(27)31-19-9-10-20(21(26)15-19)23-12-11-22(32-23)17-5-7-18(8-6-17)29-13-14-30-25(28)16(2)3/h4-15H,1-2H2,3H3/b14-13-. The molecule has 0 bridgehead atoms. The Morgan fingerprint density at radius 2 is 1.66 bits per heavy atom. The van der Waals surface area contributed by atoms with E-state index >= 15 is 0 Å². The van der Waals surface area contributed by atoms with Gasteiger partial charge in [0.05, 0.1) is 5.56 Å². The number of rotatable bonds is 8. The maximum absolute atomic E-state index is 14.5. The smallest absolute Gasteiger partial charge is 0.338 e. The number of carbonyl (C=O) groups is 2. The molecular weight excluding hydrogens is 415 g/mol. The summed E-state index contributed by atoms with van der Waals surface area (Å²) in [5.74, 6) is -0.379. The Bertz CT molecular complexity index is 1190. The molecule has 0 radical (unpaired) electrons. The van der Waals surface area contributed by atoms with Gasteiger partial charge in [0.2, 0.25) is 0 Å². The number of ether oxygens (including phenoxy) is 3. The van der Waals surface area contributed by atoms with Crippen LogP contribution in [0.4, 0.5) is 4.39 Å². The molecule has 0 aliphatic rings. The molecule has 7 heteroatoms. The third kappa shape index (κ3) is 5.60. The Hall–Kier alpha value is -4.39. The first kappa shape index (κ1) is 22.3. The average molecular weight is 434 g/mol. The van der Waals surface area contributed by atoms with Gasteiger partial charge in [0.15, 0.2) is 0 Å². The fourth-order valence-electron chi connectivity index (χ4n) is 2.55. The molecule has 0 aliphatic heterocycles. The van der Waals surface area contributed by atoms with Crippen molar-refractivity contribution in [3.05, 3.63) is 97.7 Å². The van der Waals surface area contributed by atoms with E-state index in [1.807, 2.05) is 0 Å². The first-order chi connectivity index (χ1) is 15.4. The number of carbonyl (C=O) groups excluding carboxylic acids is 2. The van der Waals surface area contributed by atoms with Crippen LogP contribution in [0.15, 0.2) is 96.3 Å². The molecule has 3 aromatic rings. The number of hydrogen-bond donors (Lipinski definition) is 0. The van der Waals surface area contributed by atoms with Crippen molar-refractivity contribution < 1.29 is 32.6 Å². The van der Waals surface area contributed by atoms with Crippen molar-refractivity contribution in [1.29, 1.82) is 0 Å². The molecule has 32 heavy (non-hydrogen) atoms. The predicted octanol–water partition coefficient (Wildman–Crippen LogP) is 5.81. The van der Waals surface area contributed by atoms with Gasteiger partial charge in [-0.2, -0.15) is 0 Å². The zero-order valence-corrected chi connectivity index (χ0v) is 17.2. The van der Waals surface area contributed by atoms with Crippen molar-refractivity contribution in [3.8, 4) is 34.1 Å². The van der Waals surface area contributed by atoms with Crippen molar-refractivity contribution in [3.63, 3.8) is 0 Å². The normalized spacial score (nSPS) is 10.6. The Morgan fingerprint density at radius 3 is 2.31 bits per heavy atom. The van der Waals surface area contributed by atoms with Gasteiger partial charge in [-0.05, 0) is 55.5 Å². The first-order valence-corrected chi connectivity index (χ1v) is 9.40. The predicted molar refractivity (Wildman–Crippen MR) is 116 cm³/mol. The van der Waals surface area contributed by atoms with Crippen LogP contribution in [0.25, 0.3) is 22.6 Å². The van der Waals surface area contributed by atoms with E-state index in [4.69, 9.17) is 18.6 Å². The summed E-state index contributed by atoms with van der Waals surface area (Å²) in [5, 5.41) is 0. The molecule has 3 rings (SSSR count). The van der Waals surface area contributed by atoms with E-state index < -0.39 is 17.8 Å². The molecular formula is C25H19FO6. The van der Waals surface area contributed by atoms with Gasteiger partial charge in [-0.3, -0.25) is 0 Å². The van der Waals surface area contributed by atoms with E-state index in [0.29, 0.717) is 17.3 Å². The SMILES string of the molecule is C=CC(=O)Oc1ccc(-c2ccc(-c3ccc(O/C=C\OC(=O)C(=C)C)cc3)o2)c(F)c1. The Balaban J connectivity index is 1.67. The van der Waals surface area contributed by atoms with Crippen LogP contribution >= 0.6 is 0 Å². The summed E-state index contributed by atoms with van der Waals surface area (Å²) < 4.78 is 35.3. The maximum Gasteiger partial charge on any atom is 0.338 e. The molecule has 1 aromatic heterocycles. The molecule has 6 nitrogen and oxygen atoms in total. The second kappa shape index (κ2) is 10.1. The van der Waals surface area contributed by atoms with Gasteiger partial charge in [-0.1, -0.05) is 13.2 Å². The van der Waals surface area contributed by atoms with Gasteiger partial charge < -0.3 is 18.6 Å². The minimum atomic E-state index is -0.673. The van der Waals surface area contributed by atoms with Crippen LogP contribution in [0.1, 0.15) is 6.92 Å². The minimum absolute atomic E-state index is 0.0713. The monoisotopic (exact) mass is 434 g/mol. The van der Waals surface area contributed by atoms with Gasteiger partial charge in [0.25, 0.3) is 0 Å². The molecule has 0 aliphatic carbocycles. The Morgan fingerprint density at radius 1 is 0.969 bits per heavy atom. The number of benzene rings is 2. The van der Waals surface area contributed by atoms with E-state index in [0.717, 1.165) is 24.0 Å². The second-order valence-corrected chi connectivity index (χ2v) is 6.53. The van der Waals surface area contributed by atoms with Crippen LogP contribution in [0.2, 0.25) is 0 Å². The molecule has 0 unspecified atom stereocenters. The van der Waals surface area contributed by atoms with Gasteiger partial charge >= 0.3 is 11.9 Å². The fourth-order valence-corrected chi connectivity index (χ4v) is 2.55. The van der Waals surface area contributed by atoms with Crippen LogP contribution in [0.3, 0.4) is 0 Å². The quantitative estimate of drug-likeness (QED) is 0.193. The zero-order valence-electron chi connectivity index (χ0n) is 17.2. The first-order valence-electron chi connectivity index (χ1n) is 9.40.